The minimum absolute atomic E-state index is 0.691. The highest BCUT2D eigenvalue weighted by molar-refractivity contribution is 5.90. The van der Waals surface area contributed by atoms with Gasteiger partial charge in [-0.2, -0.15) is 0 Å². The number of rotatable bonds is 3. The quantitative estimate of drug-likeness (QED) is 0.771. The molecule has 0 aliphatic heterocycles. The van der Waals surface area contributed by atoms with Crippen LogP contribution in [0.15, 0.2) is 30.3 Å². The molecule has 0 aliphatic rings. The van der Waals surface area contributed by atoms with Crippen LogP contribution < -0.4 is 4.74 Å². The average Bonchev–Trinajstić information content (AvgIpc) is 2.37. The van der Waals surface area contributed by atoms with Gasteiger partial charge >= 0.3 is 0 Å². The zero-order valence-corrected chi connectivity index (χ0v) is 11.8. The van der Waals surface area contributed by atoms with Crippen molar-refractivity contribution in [1.29, 1.82) is 0 Å². The van der Waals surface area contributed by atoms with Gasteiger partial charge in [0.25, 0.3) is 0 Å². The number of hydrogen-bond acceptors (Lipinski definition) is 2. The number of hydrogen-bond donors (Lipinski definition) is 0. The predicted molar refractivity (Wildman–Crippen MR) is 78.0 cm³/mol. The van der Waals surface area contributed by atoms with Gasteiger partial charge in [-0.1, -0.05) is 17.7 Å². The Labute approximate surface area is 114 Å². The molecule has 0 N–H and O–H groups in total. The van der Waals surface area contributed by atoms with Crippen molar-refractivity contribution >= 4 is 6.29 Å². The van der Waals surface area contributed by atoms with E-state index in [0.29, 0.717) is 5.56 Å². The summed E-state index contributed by atoms with van der Waals surface area (Å²) in [6.45, 7) is 6.22. The van der Waals surface area contributed by atoms with E-state index < -0.39 is 0 Å². The molecular weight excluding hydrogens is 236 g/mol. The fourth-order valence-corrected chi connectivity index (χ4v) is 2.59. The molecule has 2 nitrogen and oxygen atoms in total. The minimum atomic E-state index is 0.691. The van der Waals surface area contributed by atoms with Crippen LogP contribution in [0.5, 0.6) is 5.75 Å². The summed E-state index contributed by atoms with van der Waals surface area (Å²) in [5.41, 5.74) is 6.32. The highest BCUT2D eigenvalue weighted by atomic mass is 16.5. The van der Waals surface area contributed by atoms with Crippen molar-refractivity contribution in [3.63, 3.8) is 0 Å². The fraction of sp³-hybridized carbons (Fsp3) is 0.235. The number of carbonyl (C=O) groups excluding carboxylic acids is 1. The van der Waals surface area contributed by atoms with Crippen molar-refractivity contribution in [2.24, 2.45) is 0 Å². The van der Waals surface area contributed by atoms with Gasteiger partial charge in [0.05, 0.1) is 7.11 Å². The first-order chi connectivity index (χ1) is 9.06. The second kappa shape index (κ2) is 5.27. The zero-order chi connectivity index (χ0) is 14.0. The Hall–Kier alpha value is -2.09. The average molecular weight is 254 g/mol. The van der Waals surface area contributed by atoms with Crippen LogP contribution in [-0.2, 0) is 0 Å². The van der Waals surface area contributed by atoms with E-state index in [0.717, 1.165) is 23.2 Å². The van der Waals surface area contributed by atoms with Crippen LogP contribution in [0.2, 0.25) is 0 Å². The van der Waals surface area contributed by atoms with Crippen LogP contribution in [0.4, 0.5) is 0 Å². The summed E-state index contributed by atoms with van der Waals surface area (Å²) >= 11 is 0. The van der Waals surface area contributed by atoms with E-state index in [9.17, 15) is 4.79 Å². The van der Waals surface area contributed by atoms with Crippen molar-refractivity contribution in [2.45, 2.75) is 20.8 Å². The van der Waals surface area contributed by atoms with Crippen LogP contribution in [0.25, 0.3) is 11.1 Å². The van der Waals surface area contributed by atoms with Crippen LogP contribution >= 0.6 is 0 Å². The van der Waals surface area contributed by atoms with E-state index in [1.54, 1.807) is 13.2 Å². The Balaban J connectivity index is 2.73. The van der Waals surface area contributed by atoms with Gasteiger partial charge in [0, 0.05) is 5.56 Å². The Morgan fingerprint density at radius 1 is 1.00 bits per heavy atom. The Bertz CT molecular complexity index is 604. The Morgan fingerprint density at radius 3 is 2.16 bits per heavy atom. The number of benzene rings is 2. The lowest BCUT2D eigenvalue weighted by Gasteiger charge is -2.14. The highest BCUT2D eigenvalue weighted by Gasteiger charge is 2.12. The molecule has 0 unspecified atom stereocenters. The van der Waals surface area contributed by atoms with Crippen molar-refractivity contribution < 1.29 is 9.53 Å². The van der Waals surface area contributed by atoms with E-state index >= 15 is 0 Å². The SMILES string of the molecule is COc1ccc(C=O)c(-c2c(C)cc(C)cc2C)c1. The van der Waals surface area contributed by atoms with Gasteiger partial charge in [-0.15, -0.1) is 0 Å². The molecule has 0 atom stereocenters. The lowest BCUT2D eigenvalue weighted by atomic mass is 9.91. The molecule has 2 aromatic rings. The maximum Gasteiger partial charge on any atom is 0.150 e. The molecule has 0 radical (unpaired) electrons. The third-order valence-electron chi connectivity index (χ3n) is 3.33. The molecule has 2 rings (SSSR count). The van der Waals surface area contributed by atoms with Gasteiger partial charge in [-0.3, -0.25) is 4.79 Å². The summed E-state index contributed by atoms with van der Waals surface area (Å²) in [4.78, 5) is 11.2. The molecule has 19 heavy (non-hydrogen) atoms. The summed E-state index contributed by atoms with van der Waals surface area (Å²) in [5.74, 6) is 0.764. The normalized spacial score (nSPS) is 10.3. The van der Waals surface area contributed by atoms with E-state index in [2.05, 4.69) is 32.9 Å². The van der Waals surface area contributed by atoms with E-state index in [4.69, 9.17) is 4.74 Å². The predicted octanol–water partition coefficient (Wildman–Crippen LogP) is 4.10. The molecule has 0 bridgehead atoms. The summed E-state index contributed by atoms with van der Waals surface area (Å²) in [6.07, 6.45) is 0.896. The van der Waals surface area contributed by atoms with Crippen LogP contribution in [0.3, 0.4) is 0 Å². The number of carbonyl (C=O) groups is 1. The summed E-state index contributed by atoms with van der Waals surface area (Å²) in [7, 11) is 1.63. The molecular formula is C17H18O2. The molecule has 2 aromatic carbocycles. The van der Waals surface area contributed by atoms with Gasteiger partial charge in [0.2, 0.25) is 0 Å². The maximum atomic E-state index is 11.2. The summed E-state index contributed by atoms with van der Waals surface area (Å²) < 4.78 is 5.26. The van der Waals surface area contributed by atoms with E-state index in [1.165, 1.54) is 16.7 Å². The summed E-state index contributed by atoms with van der Waals surface area (Å²) in [6, 6.07) is 9.81. The third-order valence-corrected chi connectivity index (χ3v) is 3.33. The van der Waals surface area contributed by atoms with Crippen molar-refractivity contribution in [3.8, 4) is 16.9 Å². The standard InChI is InChI=1S/C17H18O2/c1-11-7-12(2)17(13(3)8-11)16-9-15(19-4)6-5-14(16)10-18/h5-10H,1-4H3. The number of aryl methyl sites for hydroxylation is 3. The van der Waals surface area contributed by atoms with Crippen molar-refractivity contribution in [3.05, 3.63) is 52.6 Å². The molecule has 0 saturated carbocycles. The monoisotopic (exact) mass is 254 g/mol. The third kappa shape index (κ3) is 2.53. The number of ether oxygens (including phenoxy) is 1. The van der Waals surface area contributed by atoms with E-state index in [-0.39, 0.29) is 0 Å². The molecule has 98 valence electrons. The first-order valence-electron chi connectivity index (χ1n) is 6.28. The molecule has 0 amide bonds. The molecule has 0 aromatic heterocycles. The molecule has 0 aliphatic carbocycles. The van der Waals surface area contributed by atoms with Crippen LogP contribution in [0, 0.1) is 20.8 Å². The smallest absolute Gasteiger partial charge is 0.150 e. The van der Waals surface area contributed by atoms with Gasteiger partial charge in [-0.05, 0) is 61.2 Å². The van der Waals surface area contributed by atoms with Gasteiger partial charge in [0.1, 0.15) is 5.75 Å². The molecule has 0 fully saturated rings. The van der Waals surface area contributed by atoms with Gasteiger partial charge < -0.3 is 4.74 Å². The lowest BCUT2D eigenvalue weighted by molar-refractivity contribution is 0.112. The number of methoxy groups -OCH3 is 1. The Morgan fingerprint density at radius 2 is 1.63 bits per heavy atom. The molecule has 0 saturated heterocycles. The largest absolute Gasteiger partial charge is 0.497 e. The number of aldehydes is 1. The minimum Gasteiger partial charge on any atom is -0.497 e. The Kier molecular flexibility index (Phi) is 3.70. The van der Waals surface area contributed by atoms with Gasteiger partial charge in [-0.25, -0.2) is 0 Å². The van der Waals surface area contributed by atoms with Crippen molar-refractivity contribution in [2.75, 3.05) is 7.11 Å². The fourth-order valence-electron chi connectivity index (χ4n) is 2.59. The van der Waals surface area contributed by atoms with Crippen molar-refractivity contribution in [1.82, 2.24) is 0 Å². The zero-order valence-electron chi connectivity index (χ0n) is 11.8. The molecule has 0 spiro atoms. The second-order valence-corrected chi connectivity index (χ2v) is 4.84. The second-order valence-electron chi connectivity index (χ2n) is 4.84. The molecule has 2 heteroatoms. The highest BCUT2D eigenvalue weighted by Crippen LogP contribution is 2.33. The molecule has 0 heterocycles. The topological polar surface area (TPSA) is 26.3 Å². The maximum absolute atomic E-state index is 11.2. The van der Waals surface area contributed by atoms with Crippen LogP contribution in [0.1, 0.15) is 27.0 Å². The lowest BCUT2D eigenvalue weighted by Crippen LogP contribution is -1.95. The first-order valence-corrected chi connectivity index (χ1v) is 6.28. The summed E-state index contributed by atoms with van der Waals surface area (Å²) in [5, 5.41) is 0. The van der Waals surface area contributed by atoms with E-state index in [1.807, 2.05) is 12.1 Å². The van der Waals surface area contributed by atoms with Crippen LogP contribution in [-0.4, -0.2) is 13.4 Å². The van der Waals surface area contributed by atoms with Gasteiger partial charge in [0.15, 0.2) is 6.29 Å². The first kappa shape index (κ1) is 13.3.